The summed E-state index contributed by atoms with van der Waals surface area (Å²) < 4.78 is 0. The molecule has 2 heteroatoms. The molecule has 0 nitrogen and oxygen atoms in total. The molecule has 0 radical (unpaired) electrons. The first-order valence-electron chi connectivity index (χ1n) is 5.73. The van der Waals surface area contributed by atoms with Gasteiger partial charge in [0.1, 0.15) is 0 Å². The number of allylic oxidation sites excluding steroid dienone is 2. The van der Waals surface area contributed by atoms with Crippen LogP contribution in [-0.4, -0.2) is 0 Å². The normalized spacial score (nSPS) is 9.62. The molecule has 0 atom stereocenters. The van der Waals surface area contributed by atoms with Crippen molar-refractivity contribution >= 4 is 28.8 Å². The summed E-state index contributed by atoms with van der Waals surface area (Å²) in [6, 6.07) is 5.65. The van der Waals surface area contributed by atoms with Crippen LogP contribution in [0.4, 0.5) is 0 Å². The lowest BCUT2D eigenvalue weighted by Gasteiger charge is -2.02. The Bertz CT molecular complexity index is 315. The highest BCUT2D eigenvalue weighted by atomic mass is 35.5. The molecule has 1 rings (SSSR count). The van der Waals surface area contributed by atoms with Gasteiger partial charge in [0.25, 0.3) is 0 Å². The summed E-state index contributed by atoms with van der Waals surface area (Å²) in [5.41, 5.74) is 2.32. The van der Waals surface area contributed by atoms with Crippen LogP contribution in [0, 0.1) is 0 Å². The zero-order valence-corrected chi connectivity index (χ0v) is 12.6. The molecule has 1 aromatic rings. The minimum Gasteiger partial charge on any atom is -0.0841 e. The van der Waals surface area contributed by atoms with E-state index < -0.39 is 0 Å². The quantitative estimate of drug-likeness (QED) is 0.543. The summed E-state index contributed by atoms with van der Waals surface area (Å²) in [7, 11) is 0. The van der Waals surface area contributed by atoms with E-state index in [4.69, 9.17) is 23.2 Å². The number of benzene rings is 1. The van der Waals surface area contributed by atoms with Crippen molar-refractivity contribution in [3.8, 4) is 0 Å². The van der Waals surface area contributed by atoms with E-state index in [1.54, 1.807) is 0 Å². The molecule has 0 aliphatic rings. The summed E-state index contributed by atoms with van der Waals surface area (Å²) in [6.07, 6.45) is 2.04. The first kappa shape index (κ1) is 17.9. The van der Waals surface area contributed by atoms with Gasteiger partial charge in [0, 0.05) is 0 Å². The predicted octanol–water partition coefficient (Wildman–Crippen LogP) is 6.47. The minimum absolute atomic E-state index is 0.601. The molecule has 0 heterocycles. The number of hydrogen-bond donors (Lipinski definition) is 0. The van der Waals surface area contributed by atoms with E-state index in [1.165, 1.54) is 5.57 Å². The maximum Gasteiger partial charge on any atom is 0.0598 e. The van der Waals surface area contributed by atoms with E-state index in [2.05, 4.69) is 0 Å². The third kappa shape index (κ3) is 6.19. The van der Waals surface area contributed by atoms with Gasteiger partial charge >= 0.3 is 0 Å². The second kappa shape index (κ2) is 11.0. The van der Waals surface area contributed by atoms with Crippen molar-refractivity contribution in [3.63, 3.8) is 0 Å². The van der Waals surface area contributed by atoms with E-state index in [-0.39, 0.29) is 0 Å². The fourth-order valence-corrected chi connectivity index (χ4v) is 1.21. The van der Waals surface area contributed by atoms with E-state index in [0.29, 0.717) is 10.0 Å². The summed E-state index contributed by atoms with van der Waals surface area (Å²) in [6.45, 7) is 12.0. The standard InChI is InChI=1S/C10H10Cl2.2C2H6/c1-3-7(2)8-4-5-9(11)10(12)6-8;2*1-2/h3-6H,1-2H3;2*1-2H3/b7-3+;;. The summed E-state index contributed by atoms with van der Waals surface area (Å²) in [4.78, 5) is 0. The van der Waals surface area contributed by atoms with Gasteiger partial charge < -0.3 is 0 Å². The Hall–Kier alpha value is -0.460. The fraction of sp³-hybridized carbons (Fsp3) is 0.429. The molecule has 0 spiro atoms. The Balaban J connectivity index is 0. The molecule has 0 amide bonds. The Kier molecular flexibility index (Phi) is 12.4. The van der Waals surface area contributed by atoms with Gasteiger partial charge in [-0.05, 0) is 37.1 Å². The second-order valence-electron chi connectivity index (χ2n) is 2.60. The predicted molar refractivity (Wildman–Crippen MR) is 78.5 cm³/mol. The van der Waals surface area contributed by atoms with Gasteiger partial charge in [-0.1, -0.05) is 63.0 Å². The number of hydrogen-bond acceptors (Lipinski definition) is 0. The molecular weight excluding hydrogens is 239 g/mol. The van der Waals surface area contributed by atoms with Gasteiger partial charge in [0.05, 0.1) is 10.0 Å². The van der Waals surface area contributed by atoms with Crippen molar-refractivity contribution in [1.82, 2.24) is 0 Å². The largest absolute Gasteiger partial charge is 0.0841 e. The van der Waals surface area contributed by atoms with E-state index >= 15 is 0 Å². The molecule has 0 bridgehead atoms. The van der Waals surface area contributed by atoms with Crippen molar-refractivity contribution in [1.29, 1.82) is 0 Å². The smallest absolute Gasteiger partial charge is 0.0598 e. The van der Waals surface area contributed by atoms with Crippen molar-refractivity contribution in [2.45, 2.75) is 41.5 Å². The SMILES string of the molecule is C/C=C(\C)c1ccc(Cl)c(Cl)c1.CC.CC. The lowest BCUT2D eigenvalue weighted by Crippen LogP contribution is -1.78. The number of rotatable bonds is 1. The van der Waals surface area contributed by atoms with Crippen LogP contribution in [0.5, 0.6) is 0 Å². The van der Waals surface area contributed by atoms with Crippen LogP contribution in [0.1, 0.15) is 47.1 Å². The van der Waals surface area contributed by atoms with E-state index in [1.807, 2.05) is 65.8 Å². The minimum atomic E-state index is 0.601. The van der Waals surface area contributed by atoms with Gasteiger partial charge in [-0.3, -0.25) is 0 Å². The molecule has 0 aliphatic heterocycles. The van der Waals surface area contributed by atoms with Gasteiger partial charge in [0.2, 0.25) is 0 Å². The zero-order chi connectivity index (χ0) is 13.1. The highest BCUT2D eigenvalue weighted by molar-refractivity contribution is 6.42. The van der Waals surface area contributed by atoms with Gasteiger partial charge in [0.15, 0.2) is 0 Å². The fourth-order valence-electron chi connectivity index (χ4n) is 0.908. The van der Waals surface area contributed by atoms with Crippen LogP contribution in [-0.2, 0) is 0 Å². The maximum absolute atomic E-state index is 5.86. The Morgan fingerprint density at radius 2 is 1.50 bits per heavy atom. The average Bonchev–Trinajstić information content (AvgIpc) is 2.36. The van der Waals surface area contributed by atoms with Crippen LogP contribution < -0.4 is 0 Å². The van der Waals surface area contributed by atoms with E-state index in [0.717, 1.165) is 5.56 Å². The zero-order valence-electron chi connectivity index (χ0n) is 11.1. The average molecular weight is 261 g/mol. The van der Waals surface area contributed by atoms with E-state index in [9.17, 15) is 0 Å². The summed E-state index contributed by atoms with van der Waals surface area (Å²) >= 11 is 11.6. The Labute approximate surface area is 110 Å². The molecule has 0 N–H and O–H groups in total. The highest BCUT2D eigenvalue weighted by Gasteiger charge is 1.99. The monoisotopic (exact) mass is 260 g/mol. The van der Waals surface area contributed by atoms with Crippen molar-refractivity contribution in [3.05, 3.63) is 39.9 Å². The third-order valence-electron chi connectivity index (χ3n) is 1.81. The maximum atomic E-state index is 5.86. The van der Waals surface area contributed by atoms with Crippen LogP contribution in [0.15, 0.2) is 24.3 Å². The Morgan fingerprint density at radius 3 is 1.88 bits per heavy atom. The third-order valence-corrected chi connectivity index (χ3v) is 2.55. The Morgan fingerprint density at radius 1 is 1.00 bits per heavy atom. The summed E-state index contributed by atoms with van der Waals surface area (Å²) in [5, 5.41) is 1.21. The topological polar surface area (TPSA) is 0 Å². The second-order valence-corrected chi connectivity index (χ2v) is 3.41. The van der Waals surface area contributed by atoms with Crippen LogP contribution in [0.2, 0.25) is 10.0 Å². The van der Waals surface area contributed by atoms with Gasteiger partial charge in [-0.15, -0.1) is 0 Å². The van der Waals surface area contributed by atoms with Gasteiger partial charge in [-0.25, -0.2) is 0 Å². The molecule has 92 valence electrons. The van der Waals surface area contributed by atoms with Crippen molar-refractivity contribution < 1.29 is 0 Å². The molecule has 0 unspecified atom stereocenters. The molecule has 0 saturated carbocycles. The first-order chi connectivity index (χ1) is 7.65. The summed E-state index contributed by atoms with van der Waals surface area (Å²) in [5.74, 6) is 0. The first-order valence-corrected chi connectivity index (χ1v) is 6.49. The van der Waals surface area contributed by atoms with Gasteiger partial charge in [-0.2, -0.15) is 0 Å². The highest BCUT2D eigenvalue weighted by Crippen LogP contribution is 2.25. The molecule has 0 fully saturated rings. The van der Waals surface area contributed by atoms with Crippen molar-refractivity contribution in [2.75, 3.05) is 0 Å². The van der Waals surface area contributed by atoms with Crippen LogP contribution in [0.3, 0.4) is 0 Å². The molecular formula is C14H22Cl2. The van der Waals surface area contributed by atoms with Crippen LogP contribution >= 0.6 is 23.2 Å². The molecule has 0 aromatic heterocycles. The molecule has 16 heavy (non-hydrogen) atoms. The molecule has 1 aromatic carbocycles. The molecule has 0 saturated heterocycles. The molecule has 0 aliphatic carbocycles. The van der Waals surface area contributed by atoms with Crippen molar-refractivity contribution in [2.24, 2.45) is 0 Å². The lowest BCUT2D eigenvalue weighted by atomic mass is 10.1. The number of halogens is 2. The lowest BCUT2D eigenvalue weighted by molar-refractivity contribution is 1.50. The van der Waals surface area contributed by atoms with Crippen LogP contribution in [0.25, 0.3) is 5.57 Å².